The minimum atomic E-state index is 0.741. The molecule has 0 aromatic carbocycles. The zero-order valence-electron chi connectivity index (χ0n) is 11.7. The summed E-state index contributed by atoms with van der Waals surface area (Å²) in [5.41, 5.74) is 0. The molecule has 0 heterocycles. The molecule has 0 radical (unpaired) electrons. The van der Waals surface area contributed by atoms with Crippen molar-refractivity contribution in [2.75, 3.05) is 12.3 Å². The lowest BCUT2D eigenvalue weighted by Crippen LogP contribution is -2.32. The van der Waals surface area contributed by atoms with E-state index in [2.05, 4.69) is 44.8 Å². The number of hydrogen-bond donors (Lipinski definition) is 1. The monoisotopic (exact) mass is 245 g/mol. The Morgan fingerprint density at radius 1 is 1.06 bits per heavy atom. The highest BCUT2D eigenvalue weighted by Gasteiger charge is 2.09. The molecule has 0 rings (SSSR count). The van der Waals surface area contributed by atoms with Gasteiger partial charge in [-0.2, -0.15) is 11.8 Å². The van der Waals surface area contributed by atoms with Crippen LogP contribution in [-0.4, -0.2) is 23.6 Å². The topological polar surface area (TPSA) is 12.0 Å². The third-order valence-corrected chi connectivity index (χ3v) is 4.49. The van der Waals surface area contributed by atoms with E-state index >= 15 is 0 Å². The van der Waals surface area contributed by atoms with E-state index in [1.807, 2.05) is 0 Å². The van der Waals surface area contributed by atoms with Crippen LogP contribution < -0.4 is 5.32 Å². The molecular weight excluding hydrogens is 214 g/mol. The van der Waals surface area contributed by atoms with Crippen molar-refractivity contribution in [3.05, 3.63) is 0 Å². The minimum Gasteiger partial charge on any atom is -0.313 e. The van der Waals surface area contributed by atoms with Crippen molar-refractivity contribution in [3.63, 3.8) is 0 Å². The van der Waals surface area contributed by atoms with Crippen LogP contribution in [0.1, 0.15) is 66.2 Å². The molecule has 0 aromatic heterocycles. The maximum Gasteiger partial charge on any atom is 0.0158 e. The standard InChI is InChI=1S/C14H31NS/c1-5-8-9-10-14(15-11-6-2)12-16-13(4)7-3/h13-15H,5-12H2,1-4H3. The summed E-state index contributed by atoms with van der Waals surface area (Å²) in [7, 11) is 0. The average molecular weight is 245 g/mol. The lowest BCUT2D eigenvalue weighted by atomic mass is 10.1. The first-order valence-corrected chi connectivity index (χ1v) is 8.14. The first-order valence-electron chi connectivity index (χ1n) is 7.09. The Morgan fingerprint density at radius 3 is 2.38 bits per heavy atom. The number of thioether (sulfide) groups is 1. The molecule has 0 aliphatic carbocycles. The van der Waals surface area contributed by atoms with Crippen molar-refractivity contribution in [1.82, 2.24) is 5.32 Å². The Morgan fingerprint density at radius 2 is 1.81 bits per heavy atom. The molecule has 2 heteroatoms. The number of hydrogen-bond acceptors (Lipinski definition) is 2. The van der Waals surface area contributed by atoms with E-state index in [9.17, 15) is 0 Å². The van der Waals surface area contributed by atoms with Crippen LogP contribution in [0.25, 0.3) is 0 Å². The SMILES string of the molecule is CCCCCC(CSC(C)CC)NCCC. The lowest BCUT2D eigenvalue weighted by Gasteiger charge is -2.19. The van der Waals surface area contributed by atoms with Gasteiger partial charge in [0, 0.05) is 17.0 Å². The molecule has 1 nitrogen and oxygen atoms in total. The molecule has 0 aromatic rings. The summed E-state index contributed by atoms with van der Waals surface area (Å²) in [4.78, 5) is 0. The van der Waals surface area contributed by atoms with E-state index in [-0.39, 0.29) is 0 Å². The predicted molar refractivity (Wildman–Crippen MR) is 78.4 cm³/mol. The summed E-state index contributed by atoms with van der Waals surface area (Å²) in [6, 6.07) is 0.741. The second kappa shape index (κ2) is 11.8. The first-order chi connectivity index (χ1) is 7.74. The van der Waals surface area contributed by atoms with Crippen molar-refractivity contribution in [2.24, 2.45) is 0 Å². The lowest BCUT2D eigenvalue weighted by molar-refractivity contribution is 0.493. The molecule has 2 atom stereocenters. The molecule has 0 saturated carbocycles. The van der Waals surface area contributed by atoms with Crippen molar-refractivity contribution in [1.29, 1.82) is 0 Å². The average Bonchev–Trinajstić information content (AvgIpc) is 2.31. The fourth-order valence-corrected chi connectivity index (χ4v) is 2.71. The van der Waals surface area contributed by atoms with Gasteiger partial charge in [-0.1, -0.05) is 47.0 Å². The first kappa shape index (κ1) is 16.3. The Hall–Kier alpha value is 0.310. The van der Waals surface area contributed by atoms with Crippen LogP contribution in [0.5, 0.6) is 0 Å². The van der Waals surface area contributed by atoms with Gasteiger partial charge in [0.15, 0.2) is 0 Å². The number of nitrogens with one attached hydrogen (secondary N) is 1. The highest BCUT2D eigenvalue weighted by atomic mass is 32.2. The minimum absolute atomic E-state index is 0.741. The Bertz CT molecular complexity index is 139. The van der Waals surface area contributed by atoms with Gasteiger partial charge in [-0.05, 0) is 25.8 Å². The predicted octanol–water partition coefficient (Wildman–Crippen LogP) is 4.47. The zero-order chi connectivity index (χ0) is 12.2. The summed E-state index contributed by atoms with van der Waals surface area (Å²) in [6.07, 6.45) is 8.01. The highest BCUT2D eigenvalue weighted by molar-refractivity contribution is 7.99. The van der Waals surface area contributed by atoms with E-state index in [0.29, 0.717) is 0 Å². The molecule has 0 aliphatic rings. The summed E-state index contributed by atoms with van der Waals surface area (Å²) in [5.74, 6) is 1.29. The third-order valence-electron chi connectivity index (χ3n) is 3.00. The fraction of sp³-hybridized carbons (Fsp3) is 1.00. The molecule has 0 spiro atoms. The van der Waals surface area contributed by atoms with Gasteiger partial charge in [-0.25, -0.2) is 0 Å². The molecule has 16 heavy (non-hydrogen) atoms. The van der Waals surface area contributed by atoms with Crippen molar-refractivity contribution >= 4 is 11.8 Å². The molecule has 0 fully saturated rings. The van der Waals surface area contributed by atoms with Gasteiger partial charge in [0.25, 0.3) is 0 Å². The second-order valence-corrected chi connectivity index (χ2v) is 6.17. The van der Waals surface area contributed by atoms with Crippen molar-refractivity contribution in [2.45, 2.75) is 77.5 Å². The van der Waals surface area contributed by atoms with Gasteiger partial charge in [-0.15, -0.1) is 0 Å². The van der Waals surface area contributed by atoms with Crippen LogP contribution in [0.3, 0.4) is 0 Å². The van der Waals surface area contributed by atoms with Gasteiger partial charge in [0.05, 0.1) is 0 Å². The van der Waals surface area contributed by atoms with Gasteiger partial charge in [0.2, 0.25) is 0 Å². The Labute approximate surface area is 107 Å². The van der Waals surface area contributed by atoms with Gasteiger partial charge >= 0.3 is 0 Å². The molecule has 0 aliphatic heterocycles. The van der Waals surface area contributed by atoms with E-state index in [0.717, 1.165) is 11.3 Å². The Kier molecular flexibility index (Phi) is 12.0. The third kappa shape index (κ3) is 9.53. The number of unbranched alkanes of at least 4 members (excludes halogenated alkanes) is 2. The van der Waals surface area contributed by atoms with Crippen LogP contribution in [0, 0.1) is 0 Å². The maximum atomic E-state index is 3.69. The summed E-state index contributed by atoms with van der Waals surface area (Å²) >= 11 is 2.13. The molecular formula is C14H31NS. The summed E-state index contributed by atoms with van der Waals surface area (Å²) in [5, 5.41) is 4.50. The second-order valence-electron chi connectivity index (χ2n) is 4.70. The smallest absolute Gasteiger partial charge is 0.0158 e. The largest absolute Gasteiger partial charge is 0.313 e. The van der Waals surface area contributed by atoms with Gasteiger partial charge in [-0.3, -0.25) is 0 Å². The fourth-order valence-electron chi connectivity index (χ4n) is 1.63. The van der Waals surface area contributed by atoms with E-state index in [4.69, 9.17) is 0 Å². The normalized spacial score (nSPS) is 15.0. The molecule has 2 unspecified atom stereocenters. The number of rotatable bonds is 11. The molecule has 0 amide bonds. The summed E-state index contributed by atoms with van der Waals surface area (Å²) in [6.45, 7) is 10.3. The molecule has 0 bridgehead atoms. The summed E-state index contributed by atoms with van der Waals surface area (Å²) < 4.78 is 0. The van der Waals surface area contributed by atoms with Crippen LogP contribution in [0.2, 0.25) is 0 Å². The van der Waals surface area contributed by atoms with E-state index < -0.39 is 0 Å². The van der Waals surface area contributed by atoms with Gasteiger partial charge < -0.3 is 5.32 Å². The van der Waals surface area contributed by atoms with E-state index in [1.54, 1.807) is 0 Å². The van der Waals surface area contributed by atoms with Crippen LogP contribution in [0.4, 0.5) is 0 Å². The van der Waals surface area contributed by atoms with Crippen molar-refractivity contribution < 1.29 is 0 Å². The Balaban J connectivity index is 3.70. The molecule has 0 saturated heterocycles. The van der Waals surface area contributed by atoms with Crippen LogP contribution >= 0.6 is 11.8 Å². The molecule has 98 valence electrons. The highest BCUT2D eigenvalue weighted by Crippen LogP contribution is 2.17. The van der Waals surface area contributed by atoms with Crippen molar-refractivity contribution in [3.8, 4) is 0 Å². The zero-order valence-corrected chi connectivity index (χ0v) is 12.5. The molecule has 1 N–H and O–H groups in total. The van der Waals surface area contributed by atoms with Gasteiger partial charge in [0.1, 0.15) is 0 Å². The van der Waals surface area contributed by atoms with Crippen LogP contribution in [-0.2, 0) is 0 Å². The quantitative estimate of drug-likeness (QED) is 0.539. The van der Waals surface area contributed by atoms with Crippen LogP contribution in [0.15, 0.2) is 0 Å². The van der Waals surface area contributed by atoms with E-state index in [1.165, 1.54) is 50.8 Å². The maximum absolute atomic E-state index is 3.69.